The van der Waals surface area contributed by atoms with Crippen molar-refractivity contribution in [3.05, 3.63) is 41.3 Å². The molecule has 2 aromatic carbocycles. The van der Waals surface area contributed by atoms with Crippen LogP contribution in [0.2, 0.25) is 0 Å². The first kappa shape index (κ1) is 26.9. The van der Waals surface area contributed by atoms with Gasteiger partial charge >= 0.3 is 6.80 Å². The molecule has 0 aromatic heterocycles. The van der Waals surface area contributed by atoms with E-state index in [4.69, 9.17) is 28.0 Å². The first-order valence-corrected chi connectivity index (χ1v) is 13.7. The molecule has 2 aromatic rings. The van der Waals surface area contributed by atoms with Crippen LogP contribution in [0.5, 0.6) is 23.0 Å². The number of anilines is 1. The van der Waals surface area contributed by atoms with Crippen molar-refractivity contribution in [1.82, 2.24) is 0 Å². The third-order valence-electron chi connectivity index (χ3n) is 4.25. The first-order chi connectivity index (χ1) is 15.6. The zero-order chi connectivity index (χ0) is 24.6. The van der Waals surface area contributed by atoms with E-state index in [0.717, 1.165) is 16.8 Å². The van der Waals surface area contributed by atoms with Gasteiger partial charge in [0.05, 0.1) is 50.0 Å². The second kappa shape index (κ2) is 11.7. The molecule has 33 heavy (non-hydrogen) atoms. The van der Waals surface area contributed by atoms with E-state index in [-0.39, 0.29) is 5.69 Å². The molecule has 1 N–H and O–H groups in total. The summed E-state index contributed by atoms with van der Waals surface area (Å²) in [6, 6.07) is 7.73. The highest BCUT2D eigenvalue weighted by Gasteiger charge is 2.26. The van der Waals surface area contributed by atoms with Gasteiger partial charge in [0.15, 0.2) is 0 Å². The van der Waals surface area contributed by atoms with E-state index in [0.29, 0.717) is 33.5 Å². The van der Waals surface area contributed by atoms with Crippen LogP contribution in [0.15, 0.2) is 40.6 Å². The summed E-state index contributed by atoms with van der Waals surface area (Å²) in [5.74, 6) is 1.61. The fourth-order valence-electron chi connectivity index (χ4n) is 2.63. The number of rotatable bonds is 12. The van der Waals surface area contributed by atoms with E-state index in [1.165, 1.54) is 66.9 Å². The minimum Gasteiger partial charge on any atom is -0.496 e. The van der Waals surface area contributed by atoms with Crippen LogP contribution in [0.3, 0.4) is 0 Å². The highest BCUT2D eigenvalue weighted by atomic mass is 32.7. The number of methoxy groups -OCH3 is 4. The Morgan fingerprint density at radius 3 is 1.91 bits per heavy atom. The Labute approximate surface area is 197 Å². The highest BCUT2D eigenvalue weighted by Crippen LogP contribution is 2.64. The van der Waals surface area contributed by atoms with Gasteiger partial charge < -0.3 is 28.0 Å². The van der Waals surface area contributed by atoms with Crippen molar-refractivity contribution in [2.24, 2.45) is 0 Å². The van der Waals surface area contributed by atoms with Gasteiger partial charge in [-0.15, -0.1) is 0 Å². The van der Waals surface area contributed by atoms with Gasteiger partial charge in [0, 0.05) is 26.4 Å². The number of sulfonamides is 1. The predicted octanol–water partition coefficient (Wildman–Crippen LogP) is 4.63. The van der Waals surface area contributed by atoms with Gasteiger partial charge in [0.25, 0.3) is 10.0 Å². The molecule has 0 heterocycles. The lowest BCUT2D eigenvalue weighted by Crippen LogP contribution is -2.09. The van der Waals surface area contributed by atoms with Gasteiger partial charge in [-0.25, -0.2) is 13.0 Å². The van der Waals surface area contributed by atoms with Crippen LogP contribution in [0, 0.1) is 0 Å². The van der Waals surface area contributed by atoms with Crippen molar-refractivity contribution >= 4 is 40.0 Å². The molecule has 10 nitrogen and oxygen atoms in total. The molecule has 0 aliphatic carbocycles. The Morgan fingerprint density at radius 2 is 1.42 bits per heavy atom. The molecule has 0 radical (unpaired) electrons. The minimum atomic E-state index is -3.94. The molecule has 0 amide bonds. The SMILES string of the molecule is COc1cc(OC)c(C=CS(=O)(=O)Nc2ccc(OC)c(SP(=O)(OC)OC)c2)c(OC)c1. The summed E-state index contributed by atoms with van der Waals surface area (Å²) < 4.78 is 71.3. The Kier molecular flexibility index (Phi) is 9.50. The van der Waals surface area contributed by atoms with E-state index in [9.17, 15) is 13.0 Å². The number of hydrogen-bond acceptors (Lipinski definition) is 10. The quantitative estimate of drug-likeness (QED) is 0.398. The normalized spacial score (nSPS) is 11.9. The van der Waals surface area contributed by atoms with E-state index in [2.05, 4.69) is 4.72 Å². The standard InChI is InChI=1S/C20H26NO9PS2/c1-25-15-12-18(27-3)16(19(13-15)28-4)9-10-33(23,24)21-14-7-8-17(26-2)20(11-14)32-31(22,29-5)30-6/h7-13,21H,1-6H3. The zero-order valence-electron chi connectivity index (χ0n) is 19.0. The van der Waals surface area contributed by atoms with Crippen LogP contribution >= 0.6 is 18.2 Å². The van der Waals surface area contributed by atoms with Crippen molar-refractivity contribution in [3.8, 4) is 23.0 Å². The van der Waals surface area contributed by atoms with E-state index in [1.54, 1.807) is 12.1 Å². The topological polar surface area (TPSA) is 119 Å². The summed E-state index contributed by atoms with van der Waals surface area (Å²) in [5, 5.41) is 0.978. The Bertz CT molecular complexity index is 1120. The molecular formula is C20H26NO9PS2. The number of nitrogens with one attached hydrogen (secondary N) is 1. The van der Waals surface area contributed by atoms with Gasteiger partial charge in [0.1, 0.15) is 23.0 Å². The molecule has 13 heteroatoms. The average molecular weight is 520 g/mol. The molecule has 0 saturated heterocycles. The fraction of sp³-hybridized carbons (Fsp3) is 0.300. The summed E-state index contributed by atoms with van der Waals surface area (Å²) in [7, 11) is 4.40. The largest absolute Gasteiger partial charge is 0.496 e. The van der Waals surface area contributed by atoms with Crippen molar-refractivity contribution in [2.75, 3.05) is 47.4 Å². The lowest BCUT2D eigenvalue weighted by atomic mass is 10.1. The van der Waals surface area contributed by atoms with Crippen LogP contribution in [-0.2, 0) is 23.6 Å². The maximum atomic E-state index is 12.7. The fourth-order valence-corrected chi connectivity index (χ4v) is 6.03. The molecule has 0 atom stereocenters. The smallest absolute Gasteiger partial charge is 0.393 e. The molecule has 2 rings (SSSR count). The summed E-state index contributed by atoms with van der Waals surface area (Å²) in [6.07, 6.45) is 1.35. The van der Waals surface area contributed by atoms with Crippen LogP contribution < -0.4 is 23.7 Å². The predicted molar refractivity (Wildman–Crippen MR) is 128 cm³/mol. The van der Waals surface area contributed by atoms with E-state index < -0.39 is 16.8 Å². The summed E-state index contributed by atoms with van der Waals surface area (Å²) in [4.78, 5) is 0.368. The second-order valence-electron chi connectivity index (χ2n) is 6.16. The second-order valence-corrected chi connectivity index (χ2v) is 11.9. The molecular weight excluding hydrogens is 493 g/mol. The number of hydrogen-bond donors (Lipinski definition) is 1. The monoisotopic (exact) mass is 519 g/mol. The van der Waals surface area contributed by atoms with Crippen molar-refractivity contribution < 1.29 is 41.0 Å². The maximum absolute atomic E-state index is 12.7. The highest BCUT2D eigenvalue weighted by molar-refractivity contribution is 8.55. The lowest BCUT2D eigenvalue weighted by molar-refractivity contribution is 0.295. The average Bonchev–Trinajstić information content (AvgIpc) is 2.81. The Morgan fingerprint density at radius 1 is 0.848 bits per heavy atom. The first-order valence-electron chi connectivity index (χ1n) is 9.24. The van der Waals surface area contributed by atoms with Gasteiger partial charge in [-0.05, 0) is 35.7 Å². The zero-order valence-corrected chi connectivity index (χ0v) is 21.5. The summed E-state index contributed by atoms with van der Waals surface area (Å²) >= 11 is 0.794. The molecule has 0 fully saturated rings. The number of benzene rings is 2. The van der Waals surface area contributed by atoms with Crippen molar-refractivity contribution in [1.29, 1.82) is 0 Å². The molecule has 0 saturated carbocycles. The van der Waals surface area contributed by atoms with E-state index in [1.807, 2.05) is 0 Å². The van der Waals surface area contributed by atoms with Crippen molar-refractivity contribution in [3.63, 3.8) is 0 Å². The molecule has 0 aliphatic rings. The third kappa shape index (κ3) is 7.05. The minimum absolute atomic E-state index is 0.218. The summed E-state index contributed by atoms with van der Waals surface area (Å²) in [5.41, 5.74) is 0.633. The molecule has 0 unspecified atom stereocenters. The van der Waals surface area contributed by atoms with Gasteiger partial charge in [0.2, 0.25) is 0 Å². The van der Waals surface area contributed by atoms with Crippen LogP contribution in [0.4, 0.5) is 5.69 Å². The van der Waals surface area contributed by atoms with Crippen LogP contribution in [0.1, 0.15) is 5.56 Å². The number of ether oxygens (including phenoxy) is 4. The molecule has 0 spiro atoms. The molecule has 0 bridgehead atoms. The van der Waals surface area contributed by atoms with Gasteiger partial charge in [-0.2, -0.15) is 0 Å². The summed E-state index contributed by atoms with van der Waals surface area (Å²) in [6.45, 7) is -3.48. The lowest BCUT2D eigenvalue weighted by Gasteiger charge is -2.15. The van der Waals surface area contributed by atoms with Crippen LogP contribution in [-0.4, -0.2) is 51.1 Å². The Balaban J connectivity index is 2.36. The maximum Gasteiger partial charge on any atom is 0.393 e. The third-order valence-corrected chi connectivity index (χ3v) is 9.05. The molecule has 0 aliphatic heterocycles. The molecule has 182 valence electrons. The Hall–Kier alpha value is -2.37. The van der Waals surface area contributed by atoms with Crippen LogP contribution in [0.25, 0.3) is 6.08 Å². The van der Waals surface area contributed by atoms with Gasteiger partial charge in [-0.1, -0.05) is 0 Å². The van der Waals surface area contributed by atoms with Crippen molar-refractivity contribution in [2.45, 2.75) is 4.90 Å². The van der Waals surface area contributed by atoms with Gasteiger partial charge in [-0.3, -0.25) is 4.72 Å². The van der Waals surface area contributed by atoms with E-state index >= 15 is 0 Å².